The molecule has 6 nitrogen and oxygen atoms in total. The summed E-state index contributed by atoms with van der Waals surface area (Å²) < 4.78 is 6.87. The van der Waals surface area contributed by atoms with E-state index in [9.17, 15) is 9.59 Å². The van der Waals surface area contributed by atoms with Crippen LogP contribution in [-0.4, -0.2) is 23.3 Å². The van der Waals surface area contributed by atoms with Gasteiger partial charge in [-0.1, -0.05) is 22.0 Å². The molecule has 160 valence electrons. The van der Waals surface area contributed by atoms with Gasteiger partial charge in [-0.15, -0.1) is 0 Å². The summed E-state index contributed by atoms with van der Waals surface area (Å²) in [4.78, 5) is 28.9. The SMILES string of the molecule is Cc1cc(Br)ccc1NC(=O)CNC(=O)c1cc(C)c(OCc2cccnc2)c(C)c1. The number of hydrogen-bond acceptors (Lipinski definition) is 4. The molecule has 0 saturated carbocycles. The maximum absolute atomic E-state index is 12.6. The fraction of sp³-hybridized carbons (Fsp3) is 0.208. The minimum absolute atomic E-state index is 0.119. The minimum Gasteiger partial charge on any atom is -0.488 e. The predicted octanol–water partition coefficient (Wildman–Crippen LogP) is 4.72. The number of nitrogens with one attached hydrogen (secondary N) is 2. The first-order valence-electron chi connectivity index (χ1n) is 9.80. The van der Waals surface area contributed by atoms with Crippen molar-refractivity contribution in [2.24, 2.45) is 0 Å². The minimum atomic E-state index is -0.312. The van der Waals surface area contributed by atoms with Gasteiger partial charge in [-0.25, -0.2) is 0 Å². The highest BCUT2D eigenvalue weighted by Crippen LogP contribution is 2.26. The van der Waals surface area contributed by atoms with Crippen LogP contribution < -0.4 is 15.4 Å². The number of halogens is 1. The largest absolute Gasteiger partial charge is 0.488 e. The Morgan fingerprint density at radius 2 is 1.77 bits per heavy atom. The standard InChI is InChI=1S/C24H24BrN3O3/c1-15-11-20(25)6-7-21(15)28-22(29)13-27-24(30)19-9-16(2)23(17(3)10-19)31-14-18-5-4-8-26-12-18/h4-12H,13-14H2,1-3H3,(H,27,30)(H,28,29). The number of aryl methyl sites for hydroxylation is 3. The number of nitrogens with zero attached hydrogens (tertiary/aromatic N) is 1. The van der Waals surface area contributed by atoms with E-state index in [2.05, 4.69) is 31.5 Å². The number of hydrogen-bond donors (Lipinski definition) is 2. The van der Waals surface area contributed by atoms with Crippen molar-refractivity contribution in [1.29, 1.82) is 0 Å². The molecule has 3 aromatic rings. The number of aromatic nitrogens is 1. The van der Waals surface area contributed by atoms with Crippen LogP contribution in [0.4, 0.5) is 5.69 Å². The second kappa shape index (κ2) is 10.2. The first-order valence-corrected chi connectivity index (χ1v) is 10.6. The maximum atomic E-state index is 12.6. The quantitative estimate of drug-likeness (QED) is 0.511. The molecule has 0 saturated heterocycles. The number of carbonyl (C=O) groups excluding carboxylic acids is 2. The second-order valence-electron chi connectivity index (χ2n) is 7.28. The second-order valence-corrected chi connectivity index (χ2v) is 8.19. The molecule has 7 heteroatoms. The highest BCUT2D eigenvalue weighted by atomic mass is 79.9. The van der Waals surface area contributed by atoms with Crippen LogP contribution in [0.1, 0.15) is 32.6 Å². The molecule has 0 spiro atoms. The van der Waals surface area contributed by atoms with Gasteiger partial charge in [0.25, 0.3) is 5.91 Å². The molecular formula is C24H24BrN3O3. The molecule has 31 heavy (non-hydrogen) atoms. The Labute approximate surface area is 190 Å². The Balaban J connectivity index is 1.59. The zero-order valence-corrected chi connectivity index (χ0v) is 19.2. The maximum Gasteiger partial charge on any atom is 0.251 e. The summed E-state index contributed by atoms with van der Waals surface area (Å²) in [7, 11) is 0. The van der Waals surface area contributed by atoms with Crippen molar-refractivity contribution in [2.45, 2.75) is 27.4 Å². The average Bonchev–Trinajstić information content (AvgIpc) is 2.74. The zero-order valence-electron chi connectivity index (χ0n) is 17.7. The summed E-state index contributed by atoms with van der Waals surface area (Å²) >= 11 is 3.39. The molecule has 2 aromatic carbocycles. The molecule has 2 amide bonds. The van der Waals surface area contributed by atoms with Crippen LogP contribution in [0.15, 0.2) is 59.3 Å². The molecule has 0 aliphatic heterocycles. The lowest BCUT2D eigenvalue weighted by Crippen LogP contribution is -2.33. The highest BCUT2D eigenvalue weighted by Gasteiger charge is 2.13. The Hall–Kier alpha value is -3.19. The molecular weight excluding hydrogens is 458 g/mol. The van der Waals surface area contributed by atoms with Crippen LogP contribution in [0.5, 0.6) is 5.75 Å². The number of rotatable bonds is 7. The molecule has 0 aliphatic rings. The smallest absolute Gasteiger partial charge is 0.251 e. The normalized spacial score (nSPS) is 10.5. The van der Waals surface area contributed by atoms with Crippen LogP contribution in [0.2, 0.25) is 0 Å². The van der Waals surface area contributed by atoms with Gasteiger partial charge in [-0.2, -0.15) is 0 Å². The van der Waals surface area contributed by atoms with Crippen molar-refractivity contribution >= 4 is 33.4 Å². The Kier molecular flexibility index (Phi) is 7.41. The van der Waals surface area contributed by atoms with Crippen LogP contribution >= 0.6 is 15.9 Å². The van der Waals surface area contributed by atoms with Gasteiger partial charge in [-0.05, 0) is 73.9 Å². The third-order valence-electron chi connectivity index (χ3n) is 4.70. The fourth-order valence-corrected chi connectivity index (χ4v) is 3.65. The van der Waals surface area contributed by atoms with E-state index in [-0.39, 0.29) is 18.4 Å². The van der Waals surface area contributed by atoms with Gasteiger partial charge in [0.1, 0.15) is 12.4 Å². The Morgan fingerprint density at radius 3 is 2.42 bits per heavy atom. The van der Waals surface area contributed by atoms with Crippen molar-refractivity contribution in [1.82, 2.24) is 10.3 Å². The highest BCUT2D eigenvalue weighted by molar-refractivity contribution is 9.10. The molecule has 1 aromatic heterocycles. The third kappa shape index (κ3) is 6.15. The van der Waals surface area contributed by atoms with E-state index in [0.717, 1.165) is 32.5 Å². The van der Waals surface area contributed by atoms with Crippen molar-refractivity contribution in [3.8, 4) is 5.75 Å². The molecule has 0 bridgehead atoms. The van der Waals surface area contributed by atoms with E-state index in [0.29, 0.717) is 17.9 Å². The molecule has 2 N–H and O–H groups in total. The lowest BCUT2D eigenvalue weighted by Gasteiger charge is -2.14. The van der Waals surface area contributed by atoms with Gasteiger partial charge in [-0.3, -0.25) is 14.6 Å². The first-order chi connectivity index (χ1) is 14.8. The van der Waals surface area contributed by atoms with Crippen molar-refractivity contribution in [3.63, 3.8) is 0 Å². The van der Waals surface area contributed by atoms with E-state index in [1.807, 2.05) is 51.1 Å². The number of carbonyl (C=O) groups is 2. The van der Waals surface area contributed by atoms with Crippen LogP contribution in [0.3, 0.4) is 0 Å². The first kappa shape index (κ1) is 22.5. The van der Waals surface area contributed by atoms with Crippen molar-refractivity contribution in [2.75, 3.05) is 11.9 Å². The number of anilines is 1. The molecule has 3 rings (SSSR count). The van der Waals surface area contributed by atoms with Gasteiger partial charge in [0.2, 0.25) is 5.91 Å². The summed E-state index contributed by atoms with van der Waals surface area (Å²) in [6.07, 6.45) is 3.47. The van der Waals surface area contributed by atoms with Crippen LogP contribution in [-0.2, 0) is 11.4 Å². The Bertz CT molecular complexity index is 1080. The molecule has 0 unspecified atom stereocenters. The molecule has 1 heterocycles. The summed E-state index contributed by atoms with van der Waals surface area (Å²) in [6, 6.07) is 12.9. The fourth-order valence-electron chi connectivity index (χ4n) is 3.17. The van der Waals surface area contributed by atoms with Crippen LogP contribution in [0, 0.1) is 20.8 Å². The van der Waals surface area contributed by atoms with Gasteiger partial charge < -0.3 is 15.4 Å². The van der Waals surface area contributed by atoms with Gasteiger partial charge >= 0.3 is 0 Å². The molecule has 0 radical (unpaired) electrons. The van der Waals surface area contributed by atoms with E-state index >= 15 is 0 Å². The summed E-state index contributed by atoms with van der Waals surface area (Å²) in [5.74, 6) is 0.139. The number of amides is 2. The van der Waals surface area contributed by atoms with E-state index in [1.165, 1.54) is 0 Å². The third-order valence-corrected chi connectivity index (χ3v) is 5.19. The van der Waals surface area contributed by atoms with Gasteiger partial charge in [0.05, 0.1) is 6.54 Å². The van der Waals surface area contributed by atoms with E-state index in [1.54, 1.807) is 24.5 Å². The number of pyridine rings is 1. The number of ether oxygens (including phenoxy) is 1. The predicted molar refractivity (Wildman–Crippen MR) is 124 cm³/mol. The van der Waals surface area contributed by atoms with Gasteiger partial charge in [0, 0.05) is 33.7 Å². The van der Waals surface area contributed by atoms with Crippen LogP contribution in [0.25, 0.3) is 0 Å². The molecule has 0 aliphatic carbocycles. The Morgan fingerprint density at radius 1 is 1.03 bits per heavy atom. The average molecular weight is 482 g/mol. The summed E-state index contributed by atoms with van der Waals surface area (Å²) in [6.45, 7) is 5.97. The van der Waals surface area contributed by atoms with E-state index < -0.39 is 0 Å². The van der Waals surface area contributed by atoms with Gasteiger partial charge in [0.15, 0.2) is 0 Å². The van der Waals surface area contributed by atoms with Crippen molar-refractivity contribution in [3.05, 3.63) is 87.1 Å². The molecule has 0 atom stereocenters. The van der Waals surface area contributed by atoms with E-state index in [4.69, 9.17) is 4.74 Å². The topological polar surface area (TPSA) is 80.3 Å². The summed E-state index contributed by atoms with van der Waals surface area (Å²) in [5.41, 5.74) is 4.80. The monoisotopic (exact) mass is 481 g/mol. The lowest BCUT2D eigenvalue weighted by atomic mass is 10.0. The summed E-state index contributed by atoms with van der Waals surface area (Å²) in [5, 5.41) is 5.48. The molecule has 0 fully saturated rings. The zero-order chi connectivity index (χ0) is 22.4. The number of benzene rings is 2. The lowest BCUT2D eigenvalue weighted by molar-refractivity contribution is -0.115. The van der Waals surface area contributed by atoms with Crippen molar-refractivity contribution < 1.29 is 14.3 Å².